The van der Waals surface area contributed by atoms with Gasteiger partial charge in [0.15, 0.2) is 0 Å². The van der Waals surface area contributed by atoms with Crippen molar-refractivity contribution in [2.75, 3.05) is 7.11 Å². The summed E-state index contributed by atoms with van der Waals surface area (Å²) in [6.45, 7) is 3.76. The summed E-state index contributed by atoms with van der Waals surface area (Å²) in [6.07, 6.45) is 4.96. The standard InChI is InChI=1S/C12H24N2O2/c1-4-12(2,16-3)11(15)14-10-8-6-5-7-9(10)13/h9-10H,4-8,13H2,1-3H3,(H,14,15)/t9-,10-,12?/m1/s1. The molecule has 16 heavy (non-hydrogen) atoms. The minimum Gasteiger partial charge on any atom is -0.369 e. The molecule has 0 aliphatic heterocycles. The minimum atomic E-state index is -0.725. The fourth-order valence-electron chi connectivity index (χ4n) is 2.06. The average molecular weight is 228 g/mol. The van der Waals surface area contributed by atoms with Crippen LogP contribution in [0.25, 0.3) is 0 Å². The van der Waals surface area contributed by atoms with E-state index in [0.717, 1.165) is 19.3 Å². The number of rotatable bonds is 4. The molecule has 1 saturated carbocycles. The van der Waals surface area contributed by atoms with E-state index in [0.29, 0.717) is 6.42 Å². The SMILES string of the molecule is CCC(C)(OC)C(=O)N[C@@H]1CCCC[C@H]1N. The van der Waals surface area contributed by atoms with Crippen LogP contribution in [0.15, 0.2) is 0 Å². The molecule has 3 N–H and O–H groups in total. The second-order valence-corrected chi connectivity index (χ2v) is 4.82. The highest BCUT2D eigenvalue weighted by Gasteiger charge is 2.34. The molecule has 1 aliphatic carbocycles. The van der Waals surface area contributed by atoms with Crippen LogP contribution in [0.1, 0.15) is 46.0 Å². The van der Waals surface area contributed by atoms with Gasteiger partial charge in [0.1, 0.15) is 5.60 Å². The lowest BCUT2D eigenvalue weighted by Crippen LogP contribution is -2.55. The molecular formula is C12H24N2O2. The Kier molecular flexibility index (Phi) is 4.74. The average Bonchev–Trinajstić information content (AvgIpc) is 2.31. The largest absolute Gasteiger partial charge is 0.369 e. The van der Waals surface area contributed by atoms with Crippen LogP contribution in [0.5, 0.6) is 0 Å². The summed E-state index contributed by atoms with van der Waals surface area (Å²) in [7, 11) is 1.57. The van der Waals surface area contributed by atoms with Gasteiger partial charge in [-0.05, 0) is 26.2 Å². The third kappa shape index (κ3) is 2.95. The Morgan fingerprint density at radius 1 is 1.50 bits per heavy atom. The number of amides is 1. The van der Waals surface area contributed by atoms with Gasteiger partial charge in [-0.3, -0.25) is 4.79 Å². The number of hydrogen-bond donors (Lipinski definition) is 2. The molecule has 0 spiro atoms. The van der Waals surface area contributed by atoms with Gasteiger partial charge in [-0.1, -0.05) is 19.8 Å². The number of carbonyl (C=O) groups is 1. The normalized spacial score (nSPS) is 29.5. The predicted molar refractivity (Wildman–Crippen MR) is 64.1 cm³/mol. The van der Waals surface area contributed by atoms with E-state index in [1.165, 1.54) is 6.42 Å². The number of methoxy groups -OCH3 is 1. The van der Waals surface area contributed by atoms with E-state index >= 15 is 0 Å². The molecule has 1 unspecified atom stereocenters. The highest BCUT2D eigenvalue weighted by molar-refractivity contribution is 5.85. The summed E-state index contributed by atoms with van der Waals surface area (Å²) in [6, 6.07) is 0.206. The Morgan fingerprint density at radius 3 is 2.62 bits per heavy atom. The molecule has 0 saturated heterocycles. The molecule has 0 aromatic heterocycles. The zero-order valence-corrected chi connectivity index (χ0v) is 10.6. The number of nitrogens with one attached hydrogen (secondary N) is 1. The quantitative estimate of drug-likeness (QED) is 0.759. The van der Waals surface area contributed by atoms with Gasteiger partial charge in [-0.2, -0.15) is 0 Å². The molecule has 4 nitrogen and oxygen atoms in total. The van der Waals surface area contributed by atoms with Crippen molar-refractivity contribution in [2.24, 2.45) is 5.73 Å². The number of nitrogens with two attached hydrogens (primary N) is 1. The van der Waals surface area contributed by atoms with Crippen molar-refractivity contribution in [1.29, 1.82) is 0 Å². The second kappa shape index (κ2) is 5.64. The van der Waals surface area contributed by atoms with Crippen molar-refractivity contribution < 1.29 is 9.53 Å². The van der Waals surface area contributed by atoms with Gasteiger partial charge < -0.3 is 15.8 Å². The molecule has 0 aromatic carbocycles. The molecule has 0 bridgehead atoms. The Labute approximate surface area is 97.9 Å². The summed E-state index contributed by atoms with van der Waals surface area (Å²) in [5.41, 5.74) is 5.27. The van der Waals surface area contributed by atoms with Crippen molar-refractivity contribution in [1.82, 2.24) is 5.32 Å². The number of hydrogen-bond acceptors (Lipinski definition) is 3. The first-order valence-corrected chi connectivity index (χ1v) is 6.15. The maximum atomic E-state index is 12.0. The Hall–Kier alpha value is -0.610. The molecule has 0 aromatic rings. The van der Waals surface area contributed by atoms with E-state index < -0.39 is 5.60 Å². The first-order valence-electron chi connectivity index (χ1n) is 6.15. The molecule has 0 heterocycles. The van der Waals surface area contributed by atoms with Crippen molar-refractivity contribution >= 4 is 5.91 Å². The molecular weight excluding hydrogens is 204 g/mol. The second-order valence-electron chi connectivity index (χ2n) is 4.82. The summed E-state index contributed by atoms with van der Waals surface area (Å²) in [5, 5.41) is 3.02. The highest BCUT2D eigenvalue weighted by atomic mass is 16.5. The van der Waals surface area contributed by atoms with Gasteiger partial charge in [-0.15, -0.1) is 0 Å². The first-order chi connectivity index (χ1) is 7.53. The first kappa shape index (κ1) is 13.5. The highest BCUT2D eigenvalue weighted by Crippen LogP contribution is 2.19. The van der Waals surface area contributed by atoms with Crippen molar-refractivity contribution in [3.8, 4) is 0 Å². The van der Waals surface area contributed by atoms with Crippen LogP contribution in [-0.4, -0.2) is 30.7 Å². The fourth-order valence-corrected chi connectivity index (χ4v) is 2.06. The van der Waals surface area contributed by atoms with Crippen LogP contribution in [0, 0.1) is 0 Å². The van der Waals surface area contributed by atoms with E-state index in [1.807, 2.05) is 13.8 Å². The van der Waals surface area contributed by atoms with Crippen LogP contribution in [0.2, 0.25) is 0 Å². The maximum Gasteiger partial charge on any atom is 0.252 e. The molecule has 3 atom stereocenters. The maximum absolute atomic E-state index is 12.0. The van der Waals surface area contributed by atoms with Crippen LogP contribution in [0.4, 0.5) is 0 Å². The third-order valence-corrected chi connectivity index (χ3v) is 3.74. The molecule has 4 heteroatoms. The molecule has 1 aliphatic rings. The zero-order chi connectivity index (χ0) is 12.2. The summed E-state index contributed by atoms with van der Waals surface area (Å²) < 4.78 is 5.27. The smallest absolute Gasteiger partial charge is 0.252 e. The molecule has 1 amide bonds. The lowest BCUT2D eigenvalue weighted by atomic mass is 9.90. The zero-order valence-electron chi connectivity index (χ0n) is 10.6. The van der Waals surface area contributed by atoms with Gasteiger partial charge >= 0.3 is 0 Å². The Morgan fingerprint density at radius 2 is 2.12 bits per heavy atom. The van der Waals surface area contributed by atoms with Crippen molar-refractivity contribution in [3.05, 3.63) is 0 Å². The summed E-state index contributed by atoms with van der Waals surface area (Å²) in [5.74, 6) is -0.0418. The van der Waals surface area contributed by atoms with E-state index in [1.54, 1.807) is 7.11 Å². The van der Waals surface area contributed by atoms with Crippen LogP contribution < -0.4 is 11.1 Å². The summed E-state index contributed by atoms with van der Waals surface area (Å²) in [4.78, 5) is 12.0. The van der Waals surface area contributed by atoms with Gasteiger partial charge in [-0.25, -0.2) is 0 Å². The van der Waals surface area contributed by atoms with Gasteiger partial charge in [0.05, 0.1) is 0 Å². The third-order valence-electron chi connectivity index (χ3n) is 3.74. The van der Waals surface area contributed by atoms with Gasteiger partial charge in [0.25, 0.3) is 5.91 Å². The van der Waals surface area contributed by atoms with E-state index in [2.05, 4.69) is 5.32 Å². The van der Waals surface area contributed by atoms with Crippen LogP contribution in [0.3, 0.4) is 0 Å². The van der Waals surface area contributed by atoms with Crippen molar-refractivity contribution in [3.63, 3.8) is 0 Å². The monoisotopic (exact) mass is 228 g/mol. The minimum absolute atomic E-state index is 0.0418. The van der Waals surface area contributed by atoms with Gasteiger partial charge in [0, 0.05) is 19.2 Å². The van der Waals surface area contributed by atoms with Gasteiger partial charge in [0.2, 0.25) is 0 Å². The van der Waals surface area contributed by atoms with E-state index in [4.69, 9.17) is 10.5 Å². The Bertz CT molecular complexity index is 239. The van der Waals surface area contributed by atoms with Crippen LogP contribution >= 0.6 is 0 Å². The summed E-state index contributed by atoms with van der Waals surface area (Å²) >= 11 is 0. The molecule has 0 radical (unpaired) electrons. The van der Waals surface area contributed by atoms with E-state index in [9.17, 15) is 4.79 Å². The molecule has 1 rings (SSSR count). The topological polar surface area (TPSA) is 64.3 Å². The lowest BCUT2D eigenvalue weighted by molar-refractivity contribution is -0.143. The number of ether oxygens (including phenoxy) is 1. The predicted octanol–water partition coefficient (Wildman–Crippen LogP) is 1.19. The van der Waals surface area contributed by atoms with Crippen LogP contribution in [-0.2, 0) is 9.53 Å². The fraction of sp³-hybridized carbons (Fsp3) is 0.917. The van der Waals surface area contributed by atoms with E-state index in [-0.39, 0.29) is 18.0 Å². The molecule has 94 valence electrons. The lowest BCUT2D eigenvalue weighted by Gasteiger charge is -2.33. The number of carbonyl (C=O) groups excluding carboxylic acids is 1. The Balaban J connectivity index is 2.55. The van der Waals surface area contributed by atoms with Crippen molar-refractivity contribution in [2.45, 2.75) is 63.6 Å². The molecule has 1 fully saturated rings.